The first-order chi connectivity index (χ1) is 10.4. The van der Waals surface area contributed by atoms with E-state index in [0.29, 0.717) is 31.7 Å². The number of benzene rings is 1. The van der Waals surface area contributed by atoms with Gasteiger partial charge in [-0.3, -0.25) is 4.79 Å². The van der Waals surface area contributed by atoms with E-state index in [0.717, 1.165) is 17.7 Å². The Bertz CT molecular complexity index is 562. The van der Waals surface area contributed by atoms with Crippen LogP contribution in [0.25, 0.3) is 0 Å². The van der Waals surface area contributed by atoms with Crippen LogP contribution in [0.4, 0.5) is 0 Å². The number of nitrogens with zero attached hydrogens (tertiary/aromatic N) is 1. The molecule has 0 aliphatic carbocycles. The Labute approximate surface area is 130 Å². The Morgan fingerprint density at radius 2 is 2.14 bits per heavy atom. The number of hydrogen-bond donors (Lipinski definition) is 1. The molecule has 1 aromatic carbocycles. The lowest BCUT2D eigenvalue weighted by molar-refractivity contribution is -0.135. The highest BCUT2D eigenvalue weighted by Gasteiger charge is 2.32. The van der Waals surface area contributed by atoms with Gasteiger partial charge in [-0.05, 0) is 32.8 Å². The van der Waals surface area contributed by atoms with Gasteiger partial charge in [0, 0.05) is 25.1 Å². The number of carbonyl (C=O) groups is 1. The number of ether oxygens (including phenoxy) is 2. The molecule has 1 fully saturated rings. The van der Waals surface area contributed by atoms with Gasteiger partial charge in [-0.2, -0.15) is 0 Å². The zero-order valence-corrected chi connectivity index (χ0v) is 13.2. The molecule has 1 amide bonds. The van der Waals surface area contributed by atoms with Crippen LogP contribution < -0.4 is 9.47 Å². The van der Waals surface area contributed by atoms with Crippen molar-refractivity contribution in [2.24, 2.45) is 0 Å². The number of aliphatic hydroxyl groups excluding tert-OH is 1. The van der Waals surface area contributed by atoms with Crippen LogP contribution in [0, 0.1) is 0 Å². The Hall–Kier alpha value is -1.75. The molecule has 0 radical (unpaired) electrons. The number of hydrogen-bond acceptors (Lipinski definition) is 4. The molecule has 2 aliphatic rings. The number of amides is 1. The summed E-state index contributed by atoms with van der Waals surface area (Å²) in [6, 6.07) is 5.80. The van der Waals surface area contributed by atoms with E-state index in [2.05, 4.69) is 0 Å². The number of fused-ring (bicyclic) bond motifs is 1. The maximum Gasteiger partial charge on any atom is 0.260 e. The van der Waals surface area contributed by atoms with E-state index < -0.39 is 0 Å². The summed E-state index contributed by atoms with van der Waals surface area (Å²) >= 11 is 0. The highest BCUT2D eigenvalue weighted by molar-refractivity contribution is 5.78. The predicted molar refractivity (Wildman–Crippen MR) is 82.2 cm³/mol. The first-order valence-electron chi connectivity index (χ1n) is 7.84. The van der Waals surface area contributed by atoms with Crippen LogP contribution in [0.15, 0.2) is 18.2 Å². The van der Waals surface area contributed by atoms with Crippen molar-refractivity contribution in [2.75, 3.05) is 19.7 Å². The fourth-order valence-corrected chi connectivity index (χ4v) is 3.05. The van der Waals surface area contributed by atoms with Crippen molar-refractivity contribution in [3.05, 3.63) is 23.8 Å². The van der Waals surface area contributed by atoms with E-state index in [1.165, 1.54) is 0 Å². The van der Waals surface area contributed by atoms with Gasteiger partial charge in [0.05, 0.1) is 6.10 Å². The molecule has 22 heavy (non-hydrogen) atoms. The molecular formula is C17H23NO4. The standard InChI is InChI=1S/C17H23NO4/c1-17(2)10-12-4-3-5-14(16(12)22-17)21-11-15(20)18-8-6-13(19)7-9-18/h3-5,13,19H,6-11H2,1-2H3. The topological polar surface area (TPSA) is 59.0 Å². The molecular weight excluding hydrogens is 282 g/mol. The number of likely N-dealkylation sites (tertiary alicyclic amines) is 1. The second-order valence-electron chi connectivity index (χ2n) is 6.68. The molecule has 1 N–H and O–H groups in total. The zero-order chi connectivity index (χ0) is 15.7. The van der Waals surface area contributed by atoms with Crippen molar-refractivity contribution in [1.82, 2.24) is 4.90 Å². The van der Waals surface area contributed by atoms with Crippen molar-refractivity contribution in [3.8, 4) is 11.5 Å². The molecule has 0 spiro atoms. The molecule has 0 bridgehead atoms. The molecule has 5 nitrogen and oxygen atoms in total. The second kappa shape index (κ2) is 5.80. The molecule has 1 aromatic rings. The summed E-state index contributed by atoms with van der Waals surface area (Å²) in [4.78, 5) is 13.9. The Balaban J connectivity index is 1.61. The summed E-state index contributed by atoms with van der Waals surface area (Å²) in [5.74, 6) is 1.35. The Morgan fingerprint density at radius 1 is 1.41 bits per heavy atom. The van der Waals surface area contributed by atoms with Gasteiger partial charge in [0.1, 0.15) is 5.60 Å². The maximum absolute atomic E-state index is 12.2. The summed E-state index contributed by atoms with van der Waals surface area (Å²) < 4.78 is 11.6. The summed E-state index contributed by atoms with van der Waals surface area (Å²) in [6.07, 6.45) is 1.85. The van der Waals surface area contributed by atoms with Gasteiger partial charge >= 0.3 is 0 Å². The van der Waals surface area contributed by atoms with E-state index in [1.807, 2.05) is 32.0 Å². The van der Waals surface area contributed by atoms with Gasteiger partial charge in [0.2, 0.25) is 0 Å². The SMILES string of the molecule is CC1(C)Cc2cccc(OCC(=O)N3CCC(O)CC3)c2O1. The minimum Gasteiger partial charge on any atom is -0.483 e. The molecule has 0 unspecified atom stereocenters. The lowest BCUT2D eigenvalue weighted by Crippen LogP contribution is -2.42. The Morgan fingerprint density at radius 3 is 2.86 bits per heavy atom. The van der Waals surface area contributed by atoms with Crippen LogP contribution in [0.5, 0.6) is 11.5 Å². The molecule has 1 saturated heterocycles. The van der Waals surface area contributed by atoms with Crippen LogP contribution in [-0.4, -0.2) is 47.3 Å². The molecule has 0 atom stereocenters. The number of carbonyl (C=O) groups excluding carboxylic acids is 1. The highest BCUT2D eigenvalue weighted by atomic mass is 16.5. The fourth-order valence-electron chi connectivity index (χ4n) is 3.05. The molecule has 0 aromatic heterocycles. The monoisotopic (exact) mass is 305 g/mol. The van der Waals surface area contributed by atoms with Crippen LogP contribution in [0.2, 0.25) is 0 Å². The smallest absolute Gasteiger partial charge is 0.260 e. The van der Waals surface area contributed by atoms with Crippen LogP contribution in [0.1, 0.15) is 32.3 Å². The average Bonchev–Trinajstić information content (AvgIpc) is 2.80. The third-order valence-corrected chi connectivity index (χ3v) is 4.22. The van der Waals surface area contributed by atoms with Crippen molar-refractivity contribution in [1.29, 1.82) is 0 Å². The maximum atomic E-state index is 12.2. The number of piperidine rings is 1. The number of aliphatic hydroxyl groups is 1. The predicted octanol–water partition coefficient (Wildman–Crippen LogP) is 1.76. The van der Waals surface area contributed by atoms with Gasteiger partial charge in [-0.15, -0.1) is 0 Å². The minimum atomic E-state index is -0.280. The van der Waals surface area contributed by atoms with Crippen LogP contribution >= 0.6 is 0 Å². The lowest BCUT2D eigenvalue weighted by atomic mass is 10.0. The highest BCUT2D eigenvalue weighted by Crippen LogP contribution is 2.41. The number of para-hydroxylation sites is 1. The fraction of sp³-hybridized carbons (Fsp3) is 0.588. The van der Waals surface area contributed by atoms with E-state index in [1.54, 1.807) is 4.90 Å². The largest absolute Gasteiger partial charge is 0.483 e. The summed E-state index contributed by atoms with van der Waals surface area (Å²) in [7, 11) is 0. The second-order valence-corrected chi connectivity index (χ2v) is 6.68. The Kier molecular flexibility index (Phi) is 4.00. The molecule has 120 valence electrons. The molecule has 2 aliphatic heterocycles. The van der Waals surface area contributed by atoms with Crippen LogP contribution in [-0.2, 0) is 11.2 Å². The molecule has 3 rings (SSSR count). The first kappa shape index (κ1) is 15.2. The summed E-state index contributed by atoms with van der Waals surface area (Å²) in [5.41, 5.74) is 0.894. The van der Waals surface area contributed by atoms with Crippen molar-refractivity contribution >= 4 is 5.91 Å². The van der Waals surface area contributed by atoms with E-state index in [9.17, 15) is 9.90 Å². The normalized spacial score (nSPS) is 20.4. The molecule has 5 heteroatoms. The average molecular weight is 305 g/mol. The summed E-state index contributed by atoms with van der Waals surface area (Å²) in [6.45, 7) is 5.29. The zero-order valence-electron chi connectivity index (χ0n) is 13.2. The van der Waals surface area contributed by atoms with Gasteiger partial charge in [-0.1, -0.05) is 12.1 Å². The quantitative estimate of drug-likeness (QED) is 0.924. The van der Waals surface area contributed by atoms with Crippen LogP contribution in [0.3, 0.4) is 0 Å². The third-order valence-electron chi connectivity index (χ3n) is 4.22. The van der Waals surface area contributed by atoms with Gasteiger partial charge in [0.15, 0.2) is 18.1 Å². The van der Waals surface area contributed by atoms with E-state index in [4.69, 9.17) is 9.47 Å². The molecule has 2 heterocycles. The van der Waals surface area contributed by atoms with E-state index >= 15 is 0 Å². The number of rotatable bonds is 3. The van der Waals surface area contributed by atoms with E-state index in [-0.39, 0.29) is 24.2 Å². The van der Waals surface area contributed by atoms with Crippen molar-refractivity contribution in [3.63, 3.8) is 0 Å². The van der Waals surface area contributed by atoms with Crippen molar-refractivity contribution in [2.45, 2.75) is 44.8 Å². The minimum absolute atomic E-state index is 0.0103. The third kappa shape index (κ3) is 3.19. The van der Waals surface area contributed by atoms with Gasteiger partial charge in [-0.25, -0.2) is 0 Å². The summed E-state index contributed by atoms with van der Waals surface area (Å²) in [5, 5.41) is 9.49. The van der Waals surface area contributed by atoms with Gasteiger partial charge < -0.3 is 19.5 Å². The first-order valence-corrected chi connectivity index (χ1v) is 7.84. The van der Waals surface area contributed by atoms with Gasteiger partial charge in [0.25, 0.3) is 5.91 Å². The molecule has 0 saturated carbocycles. The van der Waals surface area contributed by atoms with Crippen molar-refractivity contribution < 1.29 is 19.4 Å². The lowest BCUT2D eigenvalue weighted by Gasteiger charge is -2.29.